The normalized spacial score (nSPS) is 18.5. The molecule has 102 valence electrons. The van der Waals surface area contributed by atoms with Crippen LogP contribution < -0.4 is 0 Å². The molecule has 0 aromatic heterocycles. The zero-order chi connectivity index (χ0) is 14.1. The van der Waals surface area contributed by atoms with Crippen LogP contribution in [0.5, 0.6) is 0 Å². The van der Waals surface area contributed by atoms with Gasteiger partial charge in [-0.1, -0.05) is 6.08 Å². The summed E-state index contributed by atoms with van der Waals surface area (Å²) in [5, 5.41) is 8.02. The van der Waals surface area contributed by atoms with Crippen LogP contribution in [0.2, 0.25) is 0 Å². The fourth-order valence-electron chi connectivity index (χ4n) is 0.799. The van der Waals surface area contributed by atoms with Gasteiger partial charge in [-0.05, 0) is 6.08 Å². The van der Waals surface area contributed by atoms with Crippen LogP contribution in [0.4, 0.5) is 39.5 Å². The third-order valence-corrected chi connectivity index (χ3v) is 1.68. The number of aliphatic hydroxyl groups excluding tert-OH is 1. The second-order valence-corrected chi connectivity index (χ2v) is 2.87. The lowest BCUT2D eigenvalue weighted by atomic mass is 9.95. The highest BCUT2D eigenvalue weighted by Crippen LogP contribution is 2.53. The van der Waals surface area contributed by atoms with E-state index in [4.69, 9.17) is 5.11 Å². The summed E-state index contributed by atoms with van der Waals surface area (Å²) in [7, 11) is 0. The molecule has 10 heteroatoms. The van der Waals surface area contributed by atoms with Crippen LogP contribution in [0.3, 0.4) is 0 Å². The van der Waals surface area contributed by atoms with Gasteiger partial charge in [-0.25, -0.2) is 4.39 Å². The first kappa shape index (κ1) is 16.1. The second kappa shape index (κ2) is 4.39. The first-order valence-electron chi connectivity index (χ1n) is 3.80. The predicted octanol–water partition coefficient (Wildman–Crippen LogP) is 3.00. The molecule has 0 spiro atoms. The lowest BCUT2D eigenvalue weighted by molar-refractivity contribution is -0.369. The molecule has 0 rings (SSSR count). The Morgan fingerprint density at radius 1 is 0.765 bits per heavy atom. The van der Waals surface area contributed by atoms with E-state index < -0.39 is 36.6 Å². The molecule has 0 aromatic rings. The van der Waals surface area contributed by atoms with E-state index in [1.54, 1.807) is 0 Å². The minimum absolute atomic E-state index is 0.187. The molecule has 17 heavy (non-hydrogen) atoms. The van der Waals surface area contributed by atoms with Crippen molar-refractivity contribution in [3.63, 3.8) is 0 Å². The largest absolute Gasteiger partial charge is 0.457 e. The van der Waals surface area contributed by atoms with Crippen LogP contribution in [0.1, 0.15) is 0 Å². The molecule has 0 amide bonds. The van der Waals surface area contributed by atoms with Crippen molar-refractivity contribution in [2.45, 2.75) is 23.9 Å². The van der Waals surface area contributed by atoms with Crippen molar-refractivity contribution in [2.24, 2.45) is 0 Å². The average molecular weight is 276 g/mol. The molecule has 0 saturated carbocycles. The maximum atomic E-state index is 13.0. The number of halogens is 9. The van der Waals surface area contributed by atoms with E-state index in [2.05, 4.69) is 0 Å². The molecule has 1 atom stereocenters. The molecule has 0 radical (unpaired) electrons. The van der Waals surface area contributed by atoms with Gasteiger partial charge in [-0.3, -0.25) is 0 Å². The van der Waals surface area contributed by atoms with Gasteiger partial charge in [0.05, 0.1) is 6.61 Å². The minimum atomic E-state index is -6.73. The van der Waals surface area contributed by atoms with Crippen molar-refractivity contribution >= 4 is 0 Å². The standard InChI is InChI=1S/C7H5F9O/c8-4(2-1-3-17,6(11,12)13)5(9,10)7(14,15)16/h1-2,17H,3H2. The molecule has 0 heterocycles. The number of hydrogen-bond donors (Lipinski definition) is 1. The summed E-state index contributed by atoms with van der Waals surface area (Å²) < 4.78 is 109. The minimum Gasteiger partial charge on any atom is -0.392 e. The summed E-state index contributed by atoms with van der Waals surface area (Å²) >= 11 is 0. The maximum absolute atomic E-state index is 13.0. The molecular formula is C7H5F9O. The Hall–Kier alpha value is -0.930. The predicted molar refractivity (Wildman–Crippen MR) is 37.1 cm³/mol. The molecular weight excluding hydrogens is 271 g/mol. The number of hydrogen-bond acceptors (Lipinski definition) is 1. The second-order valence-electron chi connectivity index (χ2n) is 2.87. The quantitative estimate of drug-likeness (QED) is 0.620. The van der Waals surface area contributed by atoms with E-state index >= 15 is 0 Å². The zero-order valence-corrected chi connectivity index (χ0v) is 7.71. The third kappa shape index (κ3) is 2.67. The van der Waals surface area contributed by atoms with Crippen molar-refractivity contribution in [1.82, 2.24) is 0 Å². The fraction of sp³-hybridized carbons (Fsp3) is 0.714. The molecule has 1 unspecified atom stereocenters. The van der Waals surface area contributed by atoms with Crippen LogP contribution >= 0.6 is 0 Å². The summed E-state index contributed by atoms with van der Waals surface area (Å²) in [5.41, 5.74) is -5.93. The lowest BCUT2D eigenvalue weighted by Crippen LogP contribution is -2.61. The summed E-state index contributed by atoms with van der Waals surface area (Å²) in [4.78, 5) is 0. The van der Waals surface area contributed by atoms with Crippen molar-refractivity contribution < 1.29 is 44.6 Å². The van der Waals surface area contributed by atoms with Gasteiger partial charge in [0.1, 0.15) is 0 Å². The van der Waals surface area contributed by atoms with Gasteiger partial charge in [-0.2, -0.15) is 35.1 Å². The zero-order valence-electron chi connectivity index (χ0n) is 7.71. The Bertz CT molecular complexity index is 289. The van der Waals surface area contributed by atoms with Gasteiger partial charge in [-0.15, -0.1) is 0 Å². The topological polar surface area (TPSA) is 20.2 Å². The average Bonchev–Trinajstić information content (AvgIpc) is 2.10. The Labute approximate surface area is 88.5 Å². The lowest BCUT2D eigenvalue weighted by Gasteiger charge is -2.33. The Balaban J connectivity index is 5.73. The molecule has 0 aliphatic carbocycles. The summed E-state index contributed by atoms with van der Waals surface area (Å²) in [6.07, 6.45) is -14.5. The van der Waals surface area contributed by atoms with E-state index in [0.717, 1.165) is 0 Å². The monoisotopic (exact) mass is 276 g/mol. The Morgan fingerprint density at radius 2 is 1.18 bits per heavy atom. The summed E-state index contributed by atoms with van der Waals surface area (Å²) in [5.74, 6) is -6.66. The van der Waals surface area contributed by atoms with Gasteiger partial charge >= 0.3 is 18.3 Å². The fourth-order valence-corrected chi connectivity index (χ4v) is 0.799. The Kier molecular flexibility index (Phi) is 4.15. The van der Waals surface area contributed by atoms with Gasteiger partial charge in [0, 0.05) is 0 Å². The molecule has 0 fully saturated rings. The van der Waals surface area contributed by atoms with Crippen molar-refractivity contribution in [3.8, 4) is 0 Å². The van der Waals surface area contributed by atoms with Crippen molar-refractivity contribution in [1.29, 1.82) is 0 Å². The van der Waals surface area contributed by atoms with Crippen LogP contribution in [-0.2, 0) is 0 Å². The molecule has 1 N–H and O–H groups in total. The summed E-state index contributed by atoms with van der Waals surface area (Å²) in [6, 6.07) is 0. The van der Waals surface area contributed by atoms with Crippen LogP contribution in [0, 0.1) is 0 Å². The first-order valence-corrected chi connectivity index (χ1v) is 3.80. The SMILES string of the molecule is OCC=CC(F)(C(F)(F)F)C(F)(F)C(F)(F)F. The third-order valence-electron chi connectivity index (χ3n) is 1.68. The molecule has 0 aliphatic heterocycles. The van der Waals surface area contributed by atoms with Gasteiger partial charge in [0.15, 0.2) is 0 Å². The number of aliphatic hydroxyl groups is 1. The van der Waals surface area contributed by atoms with Gasteiger partial charge in [0.25, 0.3) is 5.67 Å². The smallest absolute Gasteiger partial charge is 0.392 e. The highest BCUT2D eigenvalue weighted by molar-refractivity contribution is 5.16. The van der Waals surface area contributed by atoms with Crippen molar-refractivity contribution in [3.05, 3.63) is 12.2 Å². The van der Waals surface area contributed by atoms with E-state index in [1.807, 2.05) is 0 Å². The number of allylic oxidation sites excluding steroid dienone is 1. The molecule has 0 aliphatic rings. The van der Waals surface area contributed by atoms with Gasteiger partial charge in [0.2, 0.25) is 0 Å². The van der Waals surface area contributed by atoms with E-state index in [-0.39, 0.29) is 6.08 Å². The molecule has 0 bridgehead atoms. The van der Waals surface area contributed by atoms with E-state index in [9.17, 15) is 39.5 Å². The van der Waals surface area contributed by atoms with Gasteiger partial charge < -0.3 is 5.11 Å². The maximum Gasteiger partial charge on any atom is 0.457 e. The van der Waals surface area contributed by atoms with Crippen molar-refractivity contribution in [2.75, 3.05) is 6.61 Å². The Morgan fingerprint density at radius 3 is 1.41 bits per heavy atom. The molecule has 1 nitrogen and oxygen atoms in total. The first-order chi connectivity index (χ1) is 7.31. The number of alkyl halides is 9. The van der Waals surface area contributed by atoms with E-state index in [0.29, 0.717) is 0 Å². The van der Waals surface area contributed by atoms with E-state index in [1.165, 1.54) is 0 Å². The highest BCUT2D eigenvalue weighted by atomic mass is 19.4. The highest BCUT2D eigenvalue weighted by Gasteiger charge is 2.80. The molecule has 0 aromatic carbocycles. The van der Waals surface area contributed by atoms with Crippen LogP contribution in [-0.4, -0.2) is 35.7 Å². The summed E-state index contributed by atoms with van der Waals surface area (Å²) in [6.45, 7) is -1.32. The molecule has 0 saturated heterocycles. The van der Waals surface area contributed by atoms with Crippen LogP contribution in [0.15, 0.2) is 12.2 Å². The van der Waals surface area contributed by atoms with Crippen LogP contribution in [0.25, 0.3) is 0 Å². The number of rotatable bonds is 3.